The molecule has 0 aliphatic heterocycles. The molecule has 0 atom stereocenters. The van der Waals surface area contributed by atoms with Gasteiger partial charge in [-0.25, -0.2) is 4.98 Å². The van der Waals surface area contributed by atoms with Crippen molar-refractivity contribution in [3.8, 4) is 17.4 Å². The Kier molecular flexibility index (Phi) is 5.27. The monoisotopic (exact) mass is 305 g/mol. The van der Waals surface area contributed by atoms with Crippen LogP contribution >= 0.6 is 11.8 Å². The van der Waals surface area contributed by atoms with Crippen molar-refractivity contribution in [1.82, 2.24) is 9.97 Å². The van der Waals surface area contributed by atoms with Gasteiger partial charge in [0.1, 0.15) is 5.82 Å². The van der Waals surface area contributed by atoms with E-state index in [1.54, 1.807) is 13.2 Å². The largest absolute Gasteiger partial charge is 0.493 e. The molecule has 21 heavy (non-hydrogen) atoms. The second-order valence-corrected chi connectivity index (χ2v) is 5.04. The zero-order valence-corrected chi connectivity index (χ0v) is 13.5. The molecule has 0 aliphatic carbocycles. The van der Waals surface area contributed by atoms with Gasteiger partial charge in [-0.15, -0.1) is 0 Å². The predicted octanol–water partition coefficient (Wildman–Crippen LogP) is 3.60. The lowest BCUT2D eigenvalue weighted by molar-refractivity contribution is 0.372. The van der Waals surface area contributed by atoms with E-state index in [9.17, 15) is 0 Å². The minimum Gasteiger partial charge on any atom is -0.493 e. The highest BCUT2D eigenvalue weighted by Crippen LogP contribution is 2.32. The fourth-order valence-corrected chi connectivity index (χ4v) is 2.18. The van der Waals surface area contributed by atoms with Crippen molar-refractivity contribution in [2.24, 2.45) is 0 Å². The molecule has 1 heterocycles. The number of ether oxygens (including phenoxy) is 2. The van der Waals surface area contributed by atoms with Gasteiger partial charge in [-0.1, -0.05) is 24.8 Å². The number of methoxy groups -OCH3 is 1. The molecule has 1 aromatic carbocycles. The van der Waals surface area contributed by atoms with Crippen molar-refractivity contribution in [2.75, 3.05) is 25.7 Å². The fourth-order valence-electron chi connectivity index (χ4n) is 1.80. The van der Waals surface area contributed by atoms with Gasteiger partial charge in [-0.2, -0.15) is 4.98 Å². The summed E-state index contributed by atoms with van der Waals surface area (Å²) >= 11 is 1.47. The number of hydrogen-bond donors (Lipinski definition) is 1. The molecule has 2 rings (SSSR count). The van der Waals surface area contributed by atoms with E-state index in [2.05, 4.69) is 22.2 Å². The predicted molar refractivity (Wildman–Crippen MR) is 85.8 cm³/mol. The standard InChI is InChI=1S/C15H19N3O2S/c1-5-10-6-7-11(12(8-10)19-3)20-14-9-13(16-2)17-15(18-14)21-4/h6-9H,5H2,1-4H3,(H,16,17,18). The van der Waals surface area contributed by atoms with Crippen LogP contribution in [0, 0.1) is 0 Å². The summed E-state index contributed by atoms with van der Waals surface area (Å²) in [6, 6.07) is 7.66. The number of aryl methyl sites for hydroxylation is 1. The van der Waals surface area contributed by atoms with E-state index in [-0.39, 0.29) is 0 Å². The number of benzene rings is 1. The highest BCUT2D eigenvalue weighted by atomic mass is 32.2. The Bertz CT molecular complexity index is 598. The number of anilines is 1. The molecule has 0 amide bonds. The fraction of sp³-hybridized carbons (Fsp3) is 0.333. The minimum absolute atomic E-state index is 0.487. The number of nitrogens with zero attached hydrogens (tertiary/aromatic N) is 2. The van der Waals surface area contributed by atoms with Gasteiger partial charge in [-0.05, 0) is 30.4 Å². The van der Waals surface area contributed by atoms with Crippen LogP contribution in [0.25, 0.3) is 0 Å². The second-order valence-electron chi connectivity index (χ2n) is 4.27. The summed E-state index contributed by atoms with van der Waals surface area (Å²) in [7, 11) is 3.45. The first kappa shape index (κ1) is 15.4. The van der Waals surface area contributed by atoms with Crippen LogP contribution in [0.15, 0.2) is 29.4 Å². The summed E-state index contributed by atoms with van der Waals surface area (Å²) in [5.41, 5.74) is 1.20. The lowest BCUT2D eigenvalue weighted by atomic mass is 10.1. The zero-order chi connectivity index (χ0) is 15.2. The summed E-state index contributed by atoms with van der Waals surface area (Å²) in [6.45, 7) is 2.10. The molecule has 1 aromatic heterocycles. The Labute approximate surface area is 129 Å². The van der Waals surface area contributed by atoms with Crippen LogP contribution in [-0.2, 0) is 6.42 Å². The second kappa shape index (κ2) is 7.17. The van der Waals surface area contributed by atoms with Crippen LogP contribution in [0.1, 0.15) is 12.5 Å². The van der Waals surface area contributed by atoms with Gasteiger partial charge in [0.05, 0.1) is 7.11 Å². The summed E-state index contributed by atoms with van der Waals surface area (Å²) in [5, 5.41) is 3.65. The topological polar surface area (TPSA) is 56.3 Å². The van der Waals surface area contributed by atoms with Crippen LogP contribution < -0.4 is 14.8 Å². The molecule has 0 saturated carbocycles. The van der Waals surface area contributed by atoms with Gasteiger partial charge in [-0.3, -0.25) is 0 Å². The Morgan fingerprint density at radius 1 is 1.19 bits per heavy atom. The van der Waals surface area contributed by atoms with Crippen molar-refractivity contribution >= 4 is 17.6 Å². The van der Waals surface area contributed by atoms with Crippen molar-refractivity contribution in [1.29, 1.82) is 0 Å². The molecule has 6 heteroatoms. The van der Waals surface area contributed by atoms with Gasteiger partial charge in [0, 0.05) is 13.1 Å². The summed E-state index contributed by atoms with van der Waals surface area (Å²) < 4.78 is 11.2. The molecule has 0 saturated heterocycles. The molecule has 1 N–H and O–H groups in total. The third kappa shape index (κ3) is 3.78. The summed E-state index contributed by atoms with van der Waals surface area (Å²) in [4.78, 5) is 8.66. The van der Waals surface area contributed by atoms with E-state index in [1.165, 1.54) is 17.3 Å². The average Bonchev–Trinajstić information content (AvgIpc) is 2.54. The van der Waals surface area contributed by atoms with Gasteiger partial charge in [0.15, 0.2) is 16.7 Å². The SMILES string of the molecule is CCc1ccc(Oc2cc(NC)nc(SC)n2)c(OC)c1. The molecule has 0 spiro atoms. The molecule has 112 valence electrons. The number of aromatic nitrogens is 2. The first-order valence-corrected chi connectivity index (χ1v) is 7.88. The first-order chi connectivity index (χ1) is 10.2. The molecular formula is C15H19N3O2S. The molecule has 0 fully saturated rings. The van der Waals surface area contributed by atoms with Crippen LogP contribution in [-0.4, -0.2) is 30.4 Å². The van der Waals surface area contributed by atoms with Crippen LogP contribution in [0.4, 0.5) is 5.82 Å². The number of nitrogens with one attached hydrogen (secondary N) is 1. The van der Waals surface area contributed by atoms with E-state index in [4.69, 9.17) is 9.47 Å². The number of hydrogen-bond acceptors (Lipinski definition) is 6. The highest BCUT2D eigenvalue weighted by molar-refractivity contribution is 7.98. The van der Waals surface area contributed by atoms with E-state index in [1.807, 2.05) is 31.5 Å². The maximum absolute atomic E-state index is 5.86. The summed E-state index contributed by atoms with van der Waals surface area (Å²) in [6.07, 6.45) is 2.87. The van der Waals surface area contributed by atoms with E-state index < -0.39 is 0 Å². The van der Waals surface area contributed by atoms with Crippen molar-refractivity contribution in [3.63, 3.8) is 0 Å². The average molecular weight is 305 g/mol. The first-order valence-electron chi connectivity index (χ1n) is 6.65. The zero-order valence-electron chi connectivity index (χ0n) is 12.6. The smallest absolute Gasteiger partial charge is 0.225 e. The lowest BCUT2D eigenvalue weighted by Crippen LogP contribution is -1.99. The van der Waals surface area contributed by atoms with Gasteiger partial charge >= 0.3 is 0 Å². The molecule has 0 radical (unpaired) electrons. The van der Waals surface area contributed by atoms with Crippen molar-refractivity contribution < 1.29 is 9.47 Å². The number of rotatable bonds is 6. The third-order valence-corrected chi connectivity index (χ3v) is 3.52. The van der Waals surface area contributed by atoms with Gasteiger partial charge in [0.2, 0.25) is 5.88 Å². The molecular weight excluding hydrogens is 286 g/mol. The Hall–Kier alpha value is -1.95. The summed E-state index contributed by atoms with van der Waals surface area (Å²) in [5.74, 6) is 2.54. The van der Waals surface area contributed by atoms with E-state index in [0.29, 0.717) is 28.4 Å². The molecule has 2 aromatic rings. The van der Waals surface area contributed by atoms with Crippen LogP contribution in [0.5, 0.6) is 17.4 Å². The van der Waals surface area contributed by atoms with E-state index >= 15 is 0 Å². The number of thioether (sulfide) groups is 1. The van der Waals surface area contributed by atoms with Gasteiger partial charge in [0.25, 0.3) is 0 Å². The molecule has 5 nitrogen and oxygen atoms in total. The quantitative estimate of drug-likeness (QED) is 0.650. The Morgan fingerprint density at radius 3 is 2.62 bits per heavy atom. The van der Waals surface area contributed by atoms with Crippen molar-refractivity contribution in [3.05, 3.63) is 29.8 Å². The minimum atomic E-state index is 0.487. The molecule has 0 bridgehead atoms. The van der Waals surface area contributed by atoms with Crippen LogP contribution in [0.3, 0.4) is 0 Å². The highest BCUT2D eigenvalue weighted by Gasteiger charge is 2.10. The maximum Gasteiger partial charge on any atom is 0.225 e. The van der Waals surface area contributed by atoms with Crippen LogP contribution in [0.2, 0.25) is 0 Å². The lowest BCUT2D eigenvalue weighted by Gasteiger charge is -2.12. The van der Waals surface area contributed by atoms with Crippen molar-refractivity contribution in [2.45, 2.75) is 18.5 Å². The van der Waals surface area contributed by atoms with E-state index in [0.717, 1.165) is 6.42 Å². The Balaban J connectivity index is 2.33. The molecule has 0 aliphatic rings. The normalized spacial score (nSPS) is 10.3. The maximum atomic E-state index is 5.86. The third-order valence-electron chi connectivity index (χ3n) is 2.97. The Morgan fingerprint density at radius 2 is 2.00 bits per heavy atom. The molecule has 0 unspecified atom stereocenters. The van der Waals surface area contributed by atoms with Gasteiger partial charge < -0.3 is 14.8 Å².